The van der Waals surface area contributed by atoms with Crippen LogP contribution in [0.15, 0.2) is 30.3 Å². The SMILES string of the molecule is CC(CCS(C)=O)NC(=O)c1cc(Cl)c2ccccc2n1. The molecule has 112 valence electrons. The third-order valence-corrected chi connectivity index (χ3v) is 4.24. The standard InChI is InChI=1S/C15H17ClN2O2S/c1-10(7-8-21(2)20)17-15(19)14-9-12(16)11-5-3-4-6-13(11)18-14/h3-6,9-10H,7-8H2,1-2H3,(H,17,19). The van der Waals surface area contributed by atoms with Gasteiger partial charge < -0.3 is 5.32 Å². The van der Waals surface area contributed by atoms with Gasteiger partial charge in [-0.15, -0.1) is 0 Å². The van der Waals surface area contributed by atoms with Gasteiger partial charge >= 0.3 is 0 Å². The van der Waals surface area contributed by atoms with Crippen LogP contribution in [0.25, 0.3) is 10.9 Å². The normalized spacial score (nSPS) is 13.9. The van der Waals surface area contributed by atoms with E-state index in [-0.39, 0.29) is 11.9 Å². The minimum atomic E-state index is -0.856. The molecule has 4 nitrogen and oxygen atoms in total. The van der Waals surface area contributed by atoms with Crippen LogP contribution in [-0.2, 0) is 10.8 Å². The molecule has 2 atom stereocenters. The number of aromatic nitrogens is 1. The zero-order valence-corrected chi connectivity index (χ0v) is 13.5. The van der Waals surface area contributed by atoms with Gasteiger partial charge in [-0.25, -0.2) is 4.98 Å². The number of nitrogens with zero attached hydrogens (tertiary/aromatic N) is 1. The van der Waals surface area contributed by atoms with Crippen LogP contribution >= 0.6 is 11.6 Å². The summed E-state index contributed by atoms with van der Waals surface area (Å²) in [4.78, 5) is 16.5. The van der Waals surface area contributed by atoms with Crippen LogP contribution < -0.4 is 5.32 Å². The second-order valence-corrected chi connectivity index (χ2v) is 6.91. The molecule has 0 saturated heterocycles. The lowest BCUT2D eigenvalue weighted by Crippen LogP contribution is -2.34. The summed E-state index contributed by atoms with van der Waals surface area (Å²) in [6, 6.07) is 8.93. The maximum Gasteiger partial charge on any atom is 0.270 e. The second-order valence-electron chi connectivity index (χ2n) is 4.95. The highest BCUT2D eigenvalue weighted by Crippen LogP contribution is 2.22. The zero-order valence-electron chi connectivity index (χ0n) is 11.9. The van der Waals surface area contributed by atoms with Crippen molar-refractivity contribution in [2.24, 2.45) is 0 Å². The molecule has 1 aromatic heterocycles. The third kappa shape index (κ3) is 4.25. The summed E-state index contributed by atoms with van der Waals surface area (Å²) in [5.74, 6) is 0.296. The van der Waals surface area contributed by atoms with Gasteiger partial charge in [0.05, 0.1) is 10.5 Å². The number of carbonyl (C=O) groups is 1. The van der Waals surface area contributed by atoms with Crippen LogP contribution in [0.3, 0.4) is 0 Å². The average Bonchev–Trinajstić information content (AvgIpc) is 2.45. The van der Waals surface area contributed by atoms with Gasteiger partial charge in [0.1, 0.15) is 5.69 Å². The van der Waals surface area contributed by atoms with E-state index in [9.17, 15) is 9.00 Å². The Morgan fingerprint density at radius 3 is 2.86 bits per heavy atom. The first kappa shape index (κ1) is 15.9. The Balaban J connectivity index is 2.14. The van der Waals surface area contributed by atoms with Gasteiger partial charge in [-0.1, -0.05) is 29.8 Å². The summed E-state index contributed by atoms with van der Waals surface area (Å²) in [7, 11) is -0.856. The Kier molecular flexibility index (Phi) is 5.31. The fraction of sp³-hybridized carbons (Fsp3) is 0.333. The Morgan fingerprint density at radius 1 is 1.43 bits per heavy atom. The number of rotatable bonds is 5. The molecule has 0 spiro atoms. The summed E-state index contributed by atoms with van der Waals surface area (Å²) >= 11 is 6.19. The quantitative estimate of drug-likeness (QED) is 0.920. The topological polar surface area (TPSA) is 59.1 Å². The van der Waals surface area contributed by atoms with Crippen molar-refractivity contribution in [1.29, 1.82) is 0 Å². The van der Waals surface area contributed by atoms with E-state index in [0.717, 1.165) is 5.39 Å². The first-order chi connectivity index (χ1) is 9.97. The van der Waals surface area contributed by atoms with Gasteiger partial charge in [0, 0.05) is 34.2 Å². The van der Waals surface area contributed by atoms with Gasteiger partial charge in [0.15, 0.2) is 0 Å². The van der Waals surface area contributed by atoms with E-state index < -0.39 is 10.8 Å². The Morgan fingerprint density at radius 2 is 2.14 bits per heavy atom. The minimum absolute atomic E-state index is 0.0616. The summed E-state index contributed by atoms with van der Waals surface area (Å²) in [6.45, 7) is 1.88. The van der Waals surface area contributed by atoms with Crippen LogP contribution in [0.5, 0.6) is 0 Å². The summed E-state index contributed by atoms with van der Waals surface area (Å²) in [5.41, 5.74) is 0.987. The lowest BCUT2D eigenvalue weighted by Gasteiger charge is -2.13. The first-order valence-corrected chi connectivity index (χ1v) is 8.74. The summed E-state index contributed by atoms with van der Waals surface area (Å²) in [6.07, 6.45) is 2.31. The van der Waals surface area contributed by atoms with Crippen molar-refractivity contribution in [2.45, 2.75) is 19.4 Å². The van der Waals surface area contributed by atoms with Crippen LogP contribution in [0, 0.1) is 0 Å². The molecule has 6 heteroatoms. The van der Waals surface area contributed by atoms with Crippen LogP contribution in [-0.4, -0.2) is 33.2 Å². The highest BCUT2D eigenvalue weighted by Gasteiger charge is 2.13. The molecule has 0 aliphatic carbocycles. The lowest BCUT2D eigenvalue weighted by molar-refractivity contribution is 0.0935. The fourth-order valence-electron chi connectivity index (χ4n) is 1.96. The first-order valence-electron chi connectivity index (χ1n) is 6.63. The van der Waals surface area contributed by atoms with Crippen molar-refractivity contribution >= 4 is 39.2 Å². The van der Waals surface area contributed by atoms with Crippen molar-refractivity contribution in [3.8, 4) is 0 Å². The van der Waals surface area contributed by atoms with Crippen molar-refractivity contribution in [3.05, 3.63) is 41.0 Å². The van der Waals surface area contributed by atoms with E-state index in [2.05, 4.69) is 10.3 Å². The number of para-hydroxylation sites is 1. The zero-order chi connectivity index (χ0) is 15.4. The van der Waals surface area contributed by atoms with Crippen molar-refractivity contribution in [1.82, 2.24) is 10.3 Å². The molecular weight excluding hydrogens is 308 g/mol. The van der Waals surface area contributed by atoms with E-state index in [1.165, 1.54) is 0 Å². The van der Waals surface area contributed by atoms with Crippen LogP contribution in [0.4, 0.5) is 0 Å². The molecule has 0 bridgehead atoms. The number of benzene rings is 1. The number of nitrogens with one attached hydrogen (secondary N) is 1. The van der Waals surface area contributed by atoms with E-state index in [4.69, 9.17) is 11.6 Å². The maximum atomic E-state index is 12.2. The molecule has 0 fully saturated rings. The highest BCUT2D eigenvalue weighted by molar-refractivity contribution is 7.84. The number of pyridine rings is 1. The number of carbonyl (C=O) groups excluding carboxylic acids is 1. The molecule has 0 radical (unpaired) electrons. The van der Waals surface area contributed by atoms with Crippen molar-refractivity contribution in [3.63, 3.8) is 0 Å². The van der Waals surface area contributed by atoms with E-state index >= 15 is 0 Å². The number of halogens is 1. The number of hydrogen-bond donors (Lipinski definition) is 1. The number of hydrogen-bond acceptors (Lipinski definition) is 3. The average molecular weight is 325 g/mol. The van der Waals surface area contributed by atoms with E-state index in [1.807, 2.05) is 31.2 Å². The highest BCUT2D eigenvalue weighted by atomic mass is 35.5. The fourth-order valence-corrected chi connectivity index (χ4v) is 2.91. The van der Waals surface area contributed by atoms with Crippen molar-refractivity contribution in [2.75, 3.05) is 12.0 Å². The smallest absolute Gasteiger partial charge is 0.270 e. The van der Waals surface area contributed by atoms with Gasteiger partial charge in [-0.3, -0.25) is 9.00 Å². The predicted octanol–water partition coefficient (Wildman–Crippen LogP) is 2.78. The van der Waals surface area contributed by atoms with E-state index in [1.54, 1.807) is 12.3 Å². The summed E-state index contributed by atoms with van der Waals surface area (Å²) < 4.78 is 11.1. The van der Waals surface area contributed by atoms with Gasteiger partial charge in [0.25, 0.3) is 5.91 Å². The molecule has 2 unspecified atom stereocenters. The molecule has 0 saturated carbocycles. The molecule has 2 aromatic rings. The molecule has 1 heterocycles. The molecular formula is C15H17ClN2O2S. The molecule has 0 aliphatic rings. The number of fused-ring (bicyclic) bond motifs is 1. The minimum Gasteiger partial charge on any atom is -0.348 e. The van der Waals surface area contributed by atoms with Gasteiger partial charge in [-0.05, 0) is 25.5 Å². The molecule has 1 N–H and O–H groups in total. The van der Waals surface area contributed by atoms with E-state index in [0.29, 0.717) is 28.4 Å². The van der Waals surface area contributed by atoms with Gasteiger partial charge in [-0.2, -0.15) is 0 Å². The molecule has 2 rings (SSSR count). The second kappa shape index (κ2) is 7.00. The van der Waals surface area contributed by atoms with Crippen LogP contribution in [0.2, 0.25) is 5.02 Å². The van der Waals surface area contributed by atoms with Crippen LogP contribution in [0.1, 0.15) is 23.8 Å². The third-order valence-electron chi connectivity index (χ3n) is 3.11. The predicted molar refractivity (Wildman–Crippen MR) is 87.2 cm³/mol. The number of amides is 1. The molecule has 0 aliphatic heterocycles. The van der Waals surface area contributed by atoms with Gasteiger partial charge in [0.2, 0.25) is 0 Å². The Bertz CT molecular complexity index is 690. The largest absolute Gasteiger partial charge is 0.348 e. The molecule has 1 aromatic carbocycles. The summed E-state index contributed by atoms with van der Waals surface area (Å²) in [5, 5.41) is 4.18. The molecule has 21 heavy (non-hydrogen) atoms. The van der Waals surface area contributed by atoms with Crippen molar-refractivity contribution < 1.29 is 9.00 Å². The monoisotopic (exact) mass is 324 g/mol. The Hall–Kier alpha value is -1.46. The molecule has 1 amide bonds. The lowest BCUT2D eigenvalue weighted by atomic mass is 10.2. The Labute approximate surface area is 131 Å². The maximum absolute atomic E-state index is 12.2.